The fraction of sp³-hybridized carbons (Fsp3) is 0.421. The van der Waals surface area contributed by atoms with Crippen LogP contribution < -0.4 is 15.1 Å². The molecule has 0 unspecified atom stereocenters. The highest BCUT2D eigenvalue weighted by atomic mass is 16.3. The second kappa shape index (κ2) is 7.53. The van der Waals surface area contributed by atoms with Crippen LogP contribution in [0.25, 0.3) is 0 Å². The Labute approximate surface area is 143 Å². The van der Waals surface area contributed by atoms with E-state index in [0.717, 1.165) is 44.0 Å². The minimum Gasteiger partial charge on any atom is -0.393 e. The lowest BCUT2D eigenvalue weighted by molar-refractivity contribution is 0.145. The van der Waals surface area contributed by atoms with Crippen LogP contribution in [0.15, 0.2) is 42.6 Å². The number of aromatic nitrogens is 1. The maximum atomic E-state index is 9.69. The number of rotatable bonds is 5. The Morgan fingerprint density at radius 2 is 1.88 bits per heavy atom. The molecule has 3 rings (SSSR count). The number of hydrogen-bond acceptors (Lipinski definition) is 5. The van der Waals surface area contributed by atoms with Crippen LogP contribution in [0.1, 0.15) is 18.4 Å². The molecule has 5 nitrogen and oxygen atoms in total. The first-order valence-corrected chi connectivity index (χ1v) is 8.51. The van der Waals surface area contributed by atoms with Crippen molar-refractivity contribution in [2.24, 2.45) is 0 Å². The van der Waals surface area contributed by atoms with Crippen LogP contribution in [0.3, 0.4) is 0 Å². The molecule has 1 aromatic heterocycles. The zero-order valence-electron chi connectivity index (χ0n) is 14.4. The number of pyridine rings is 1. The van der Waals surface area contributed by atoms with Gasteiger partial charge in [0.05, 0.1) is 11.8 Å². The lowest BCUT2D eigenvalue weighted by Crippen LogP contribution is -2.36. The first-order valence-electron chi connectivity index (χ1n) is 8.51. The first kappa shape index (κ1) is 16.6. The minimum absolute atomic E-state index is 0.170. The summed E-state index contributed by atoms with van der Waals surface area (Å²) < 4.78 is 0. The highest BCUT2D eigenvalue weighted by molar-refractivity contribution is 5.65. The van der Waals surface area contributed by atoms with Crippen molar-refractivity contribution in [3.8, 4) is 0 Å². The van der Waals surface area contributed by atoms with E-state index in [-0.39, 0.29) is 6.10 Å². The number of piperidine rings is 1. The lowest BCUT2D eigenvalue weighted by atomic mass is 10.1. The Kier molecular flexibility index (Phi) is 5.20. The summed E-state index contributed by atoms with van der Waals surface area (Å²) in [6, 6.07) is 12.6. The minimum atomic E-state index is -0.170. The largest absolute Gasteiger partial charge is 0.393 e. The van der Waals surface area contributed by atoms with E-state index in [4.69, 9.17) is 0 Å². The van der Waals surface area contributed by atoms with Crippen molar-refractivity contribution in [1.82, 2.24) is 4.98 Å². The topological polar surface area (TPSA) is 51.6 Å². The normalized spacial score (nSPS) is 15.4. The van der Waals surface area contributed by atoms with E-state index in [1.807, 2.05) is 26.4 Å². The van der Waals surface area contributed by atoms with E-state index < -0.39 is 0 Å². The third kappa shape index (κ3) is 3.97. The molecule has 0 amide bonds. The Hall–Kier alpha value is -2.27. The maximum absolute atomic E-state index is 9.69. The third-order valence-corrected chi connectivity index (χ3v) is 4.49. The molecule has 0 atom stereocenters. The molecule has 0 aliphatic carbocycles. The van der Waals surface area contributed by atoms with Crippen molar-refractivity contribution in [2.45, 2.75) is 25.5 Å². The molecule has 1 aliphatic heterocycles. The number of hydrogen-bond donors (Lipinski definition) is 2. The summed E-state index contributed by atoms with van der Waals surface area (Å²) in [5.74, 6) is 0.981. The summed E-state index contributed by atoms with van der Waals surface area (Å²) in [5.41, 5.74) is 3.49. The average molecular weight is 326 g/mol. The fourth-order valence-corrected chi connectivity index (χ4v) is 2.97. The van der Waals surface area contributed by atoms with E-state index in [0.29, 0.717) is 0 Å². The molecule has 5 heteroatoms. The Morgan fingerprint density at radius 3 is 2.54 bits per heavy atom. The predicted molar refractivity (Wildman–Crippen MR) is 99.8 cm³/mol. The van der Waals surface area contributed by atoms with Crippen LogP contribution in [0.4, 0.5) is 17.2 Å². The molecule has 0 spiro atoms. The summed E-state index contributed by atoms with van der Waals surface area (Å²) in [6.07, 6.45) is 3.28. The van der Waals surface area contributed by atoms with Crippen LogP contribution in [0.5, 0.6) is 0 Å². The van der Waals surface area contributed by atoms with Crippen LogP contribution in [-0.4, -0.2) is 43.4 Å². The van der Waals surface area contributed by atoms with Gasteiger partial charge in [0.15, 0.2) is 5.82 Å². The van der Waals surface area contributed by atoms with Crippen LogP contribution >= 0.6 is 0 Å². The van der Waals surface area contributed by atoms with Crippen molar-refractivity contribution in [2.75, 3.05) is 42.3 Å². The number of aliphatic hydroxyl groups is 1. The first-order chi connectivity index (χ1) is 11.6. The molecule has 2 N–H and O–H groups in total. The van der Waals surface area contributed by atoms with E-state index in [9.17, 15) is 5.11 Å². The van der Waals surface area contributed by atoms with Gasteiger partial charge in [-0.2, -0.15) is 0 Å². The van der Waals surface area contributed by atoms with E-state index in [1.54, 1.807) is 0 Å². The number of benzene rings is 1. The smallest absolute Gasteiger partial charge is 0.151 e. The second-order valence-corrected chi connectivity index (χ2v) is 6.51. The number of anilines is 3. The van der Waals surface area contributed by atoms with Gasteiger partial charge in [-0.3, -0.25) is 0 Å². The molecule has 0 bridgehead atoms. The molecule has 2 heterocycles. The molecule has 1 aliphatic rings. The highest BCUT2D eigenvalue weighted by Crippen LogP contribution is 2.26. The quantitative estimate of drug-likeness (QED) is 0.885. The summed E-state index contributed by atoms with van der Waals surface area (Å²) in [6.45, 7) is 2.47. The Balaban J connectivity index is 1.67. The average Bonchev–Trinajstić information content (AvgIpc) is 2.61. The number of aliphatic hydroxyl groups excluding tert-OH is 1. The van der Waals surface area contributed by atoms with Gasteiger partial charge in [-0.15, -0.1) is 0 Å². The fourth-order valence-electron chi connectivity index (χ4n) is 2.97. The van der Waals surface area contributed by atoms with Gasteiger partial charge in [0.1, 0.15) is 0 Å². The maximum Gasteiger partial charge on any atom is 0.151 e. The molecule has 0 radical (unpaired) electrons. The zero-order valence-corrected chi connectivity index (χ0v) is 14.4. The molecule has 1 fully saturated rings. The van der Waals surface area contributed by atoms with E-state index in [2.05, 4.69) is 50.4 Å². The summed E-state index contributed by atoms with van der Waals surface area (Å²) in [5, 5.41) is 13.2. The van der Waals surface area contributed by atoms with Gasteiger partial charge in [0.25, 0.3) is 0 Å². The third-order valence-electron chi connectivity index (χ3n) is 4.49. The number of nitrogens with one attached hydrogen (secondary N) is 1. The number of nitrogens with zero attached hydrogens (tertiary/aromatic N) is 3. The molecule has 1 aromatic carbocycles. The van der Waals surface area contributed by atoms with Crippen LogP contribution in [0.2, 0.25) is 0 Å². The summed E-state index contributed by atoms with van der Waals surface area (Å²) in [7, 11) is 4.09. The second-order valence-electron chi connectivity index (χ2n) is 6.51. The van der Waals surface area contributed by atoms with Gasteiger partial charge in [-0.25, -0.2) is 4.98 Å². The Bertz CT molecular complexity index is 649. The van der Waals surface area contributed by atoms with E-state index in [1.165, 1.54) is 11.3 Å². The van der Waals surface area contributed by atoms with Crippen molar-refractivity contribution < 1.29 is 5.11 Å². The highest BCUT2D eigenvalue weighted by Gasteiger charge is 2.20. The zero-order chi connectivity index (χ0) is 16.9. The van der Waals surface area contributed by atoms with Gasteiger partial charge in [0, 0.05) is 45.6 Å². The lowest BCUT2D eigenvalue weighted by Gasteiger charge is -2.31. The SMILES string of the molecule is CN(C)c1ccc(CNc2cccnc2N2CCC(O)CC2)cc1. The summed E-state index contributed by atoms with van der Waals surface area (Å²) in [4.78, 5) is 8.90. The predicted octanol–water partition coefficient (Wildman–Crippen LogP) is 2.72. The molecule has 0 saturated carbocycles. The van der Waals surface area contributed by atoms with Gasteiger partial charge in [-0.1, -0.05) is 12.1 Å². The van der Waals surface area contributed by atoms with Crippen molar-refractivity contribution in [3.63, 3.8) is 0 Å². The van der Waals surface area contributed by atoms with Crippen molar-refractivity contribution in [1.29, 1.82) is 0 Å². The van der Waals surface area contributed by atoms with Crippen LogP contribution in [0, 0.1) is 0 Å². The standard InChI is InChI=1S/C19H26N4O/c1-22(2)16-7-5-15(6-8-16)14-21-18-4-3-11-20-19(18)23-12-9-17(24)10-13-23/h3-8,11,17,21,24H,9-10,12-14H2,1-2H3. The summed E-state index contributed by atoms with van der Waals surface area (Å²) >= 11 is 0. The molecule has 1 saturated heterocycles. The van der Waals surface area contributed by atoms with Crippen LogP contribution in [-0.2, 0) is 6.54 Å². The van der Waals surface area contributed by atoms with Gasteiger partial charge >= 0.3 is 0 Å². The van der Waals surface area contributed by atoms with E-state index >= 15 is 0 Å². The van der Waals surface area contributed by atoms with Gasteiger partial charge in [0.2, 0.25) is 0 Å². The molecule has 24 heavy (non-hydrogen) atoms. The molecule has 2 aromatic rings. The monoisotopic (exact) mass is 326 g/mol. The van der Waals surface area contributed by atoms with Crippen molar-refractivity contribution in [3.05, 3.63) is 48.2 Å². The van der Waals surface area contributed by atoms with Gasteiger partial charge < -0.3 is 20.2 Å². The Morgan fingerprint density at radius 1 is 1.17 bits per heavy atom. The molecule has 128 valence electrons. The molecular formula is C19H26N4O. The van der Waals surface area contributed by atoms with Crippen molar-refractivity contribution >= 4 is 17.2 Å². The molecular weight excluding hydrogens is 300 g/mol. The van der Waals surface area contributed by atoms with Gasteiger partial charge in [-0.05, 0) is 42.7 Å².